The smallest absolute Gasteiger partial charge is 0.306 e. The number of rotatable bonds is 46. The summed E-state index contributed by atoms with van der Waals surface area (Å²) in [4.78, 5) is 37.9. The number of ether oxygens (including phenoxy) is 3. The van der Waals surface area contributed by atoms with Crippen LogP contribution in [0.2, 0.25) is 0 Å². The number of hydrogen-bond donors (Lipinski definition) is 0. The van der Waals surface area contributed by atoms with Crippen LogP contribution in [0.25, 0.3) is 0 Å². The van der Waals surface area contributed by atoms with Gasteiger partial charge in [0, 0.05) is 19.3 Å². The zero-order valence-corrected chi connectivity index (χ0v) is 39.7. The number of unbranched alkanes of at least 4 members (excludes halogenated alkanes) is 27. The predicted molar refractivity (Wildman–Crippen MR) is 256 cm³/mol. The van der Waals surface area contributed by atoms with E-state index in [0.29, 0.717) is 19.3 Å². The van der Waals surface area contributed by atoms with E-state index in [1.807, 2.05) is 0 Å². The minimum absolute atomic E-state index is 0.0841. The molecule has 0 aliphatic heterocycles. The van der Waals surface area contributed by atoms with E-state index < -0.39 is 6.10 Å². The Balaban J connectivity index is 4.41. The van der Waals surface area contributed by atoms with Crippen LogP contribution in [-0.2, 0) is 28.6 Å². The Morgan fingerprint density at radius 2 is 0.650 bits per heavy atom. The van der Waals surface area contributed by atoms with Gasteiger partial charge in [0.15, 0.2) is 6.10 Å². The van der Waals surface area contributed by atoms with Crippen molar-refractivity contribution in [1.82, 2.24) is 0 Å². The summed E-state index contributed by atoms with van der Waals surface area (Å²) in [5.74, 6) is -0.916. The first kappa shape index (κ1) is 57.4. The highest BCUT2D eigenvalue weighted by Gasteiger charge is 2.19. The van der Waals surface area contributed by atoms with E-state index >= 15 is 0 Å². The Labute approximate surface area is 371 Å². The van der Waals surface area contributed by atoms with Crippen LogP contribution in [0.15, 0.2) is 48.6 Å². The maximum Gasteiger partial charge on any atom is 0.306 e. The summed E-state index contributed by atoms with van der Waals surface area (Å²) < 4.78 is 16.8. The molecule has 0 aliphatic carbocycles. The predicted octanol–water partition coefficient (Wildman–Crippen LogP) is 16.7. The Bertz CT molecular complexity index is 1060. The summed E-state index contributed by atoms with van der Waals surface area (Å²) in [6.45, 7) is 6.50. The second kappa shape index (κ2) is 49.0. The summed E-state index contributed by atoms with van der Waals surface area (Å²) in [5.41, 5.74) is 0. The van der Waals surface area contributed by atoms with Crippen LogP contribution in [0, 0.1) is 0 Å². The maximum absolute atomic E-state index is 12.8. The molecule has 0 amide bonds. The van der Waals surface area contributed by atoms with Crippen LogP contribution in [0.1, 0.15) is 258 Å². The molecule has 1 atom stereocenters. The van der Waals surface area contributed by atoms with Gasteiger partial charge in [0.2, 0.25) is 0 Å². The van der Waals surface area contributed by atoms with Gasteiger partial charge in [-0.05, 0) is 77.0 Å². The Kier molecular flexibility index (Phi) is 46.9. The van der Waals surface area contributed by atoms with Crippen molar-refractivity contribution in [3.63, 3.8) is 0 Å². The average Bonchev–Trinajstić information content (AvgIpc) is 3.24. The molecule has 0 aliphatic rings. The molecule has 0 N–H and O–H groups in total. The minimum Gasteiger partial charge on any atom is -0.462 e. The van der Waals surface area contributed by atoms with E-state index in [-0.39, 0.29) is 31.1 Å². The quantitative estimate of drug-likeness (QED) is 0.0263. The van der Waals surface area contributed by atoms with Crippen molar-refractivity contribution >= 4 is 17.9 Å². The average molecular weight is 841 g/mol. The van der Waals surface area contributed by atoms with Crippen LogP contribution < -0.4 is 0 Å². The van der Waals surface area contributed by atoms with Crippen molar-refractivity contribution < 1.29 is 28.6 Å². The van der Waals surface area contributed by atoms with Crippen LogP contribution in [0.3, 0.4) is 0 Å². The number of hydrogen-bond acceptors (Lipinski definition) is 6. The molecule has 0 aromatic carbocycles. The van der Waals surface area contributed by atoms with Gasteiger partial charge in [0.05, 0.1) is 0 Å². The van der Waals surface area contributed by atoms with Crippen molar-refractivity contribution in [3.05, 3.63) is 48.6 Å². The Hall–Kier alpha value is -2.63. The zero-order valence-electron chi connectivity index (χ0n) is 39.7. The highest BCUT2D eigenvalue weighted by molar-refractivity contribution is 5.71. The third-order valence-electron chi connectivity index (χ3n) is 11.1. The van der Waals surface area contributed by atoms with Gasteiger partial charge in [0.1, 0.15) is 13.2 Å². The molecule has 0 heterocycles. The van der Waals surface area contributed by atoms with Crippen molar-refractivity contribution in [1.29, 1.82) is 0 Å². The minimum atomic E-state index is -0.786. The van der Waals surface area contributed by atoms with E-state index in [4.69, 9.17) is 14.2 Å². The van der Waals surface area contributed by atoms with Gasteiger partial charge in [0.25, 0.3) is 0 Å². The molecule has 0 aromatic rings. The van der Waals surface area contributed by atoms with Crippen LogP contribution >= 0.6 is 0 Å². The standard InChI is InChI=1S/C54H96O6/c1-4-7-10-13-16-19-22-25-28-31-34-37-40-43-46-52(55)58-49-51(60-54(57)48-45-42-39-36-33-30-27-24-21-18-15-12-9-6-3)50-59-53(56)47-44-41-38-35-32-29-26-23-20-17-14-11-8-5-2/h7,10,16,19,25,28,30,33,51H,4-6,8-9,11-15,17-18,20-24,26-27,29,31-32,34-50H2,1-3H3/b10-7-,19-16-,28-25-,33-30-. The molecule has 0 spiro atoms. The molecule has 0 fully saturated rings. The van der Waals surface area contributed by atoms with Crippen molar-refractivity contribution in [2.45, 2.75) is 264 Å². The molecule has 348 valence electrons. The largest absolute Gasteiger partial charge is 0.462 e. The van der Waals surface area contributed by atoms with Crippen molar-refractivity contribution in [2.75, 3.05) is 13.2 Å². The topological polar surface area (TPSA) is 78.9 Å². The fraction of sp³-hybridized carbons (Fsp3) is 0.796. The van der Waals surface area contributed by atoms with Gasteiger partial charge in [-0.1, -0.05) is 211 Å². The molecule has 0 saturated carbocycles. The second-order valence-electron chi connectivity index (χ2n) is 17.1. The zero-order chi connectivity index (χ0) is 43.7. The second-order valence-corrected chi connectivity index (χ2v) is 17.1. The number of allylic oxidation sites excluding steroid dienone is 8. The van der Waals surface area contributed by atoms with E-state index in [9.17, 15) is 14.4 Å². The highest BCUT2D eigenvalue weighted by Crippen LogP contribution is 2.15. The lowest BCUT2D eigenvalue weighted by atomic mass is 10.0. The molecule has 0 aromatic heterocycles. The van der Waals surface area contributed by atoms with Crippen molar-refractivity contribution in [2.24, 2.45) is 0 Å². The molecule has 0 rings (SSSR count). The monoisotopic (exact) mass is 841 g/mol. The van der Waals surface area contributed by atoms with E-state index in [1.54, 1.807) is 0 Å². The molecular weight excluding hydrogens is 745 g/mol. The maximum atomic E-state index is 12.8. The summed E-state index contributed by atoms with van der Waals surface area (Å²) >= 11 is 0. The van der Waals surface area contributed by atoms with Gasteiger partial charge < -0.3 is 14.2 Å². The highest BCUT2D eigenvalue weighted by atomic mass is 16.6. The van der Waals surface area contributed by atoms with Gasteiger partial charge in [-0.15, -0.1) is 0 Å². The Morgan fingerprint density at radius 1 is 0.350 bits per heavy atom. The molecular formula is C54H96O6. The first-order valence-corrected chi connectivity index (χ1v) is 25.6. The summed E-state index contributed by atoms with van der Waals surface area (Å²) in [7, 11) is 0. The molecule has 0 saturated heterocycles. The summed E-state index contributed by atoms with van der Waals surface area (Å²) in [5, 5.41) is 0. The number of carbonyl (C=O) groups is 3. The molecule has 0 bridgehead atoms. The van der Waals surface area contributed by atoms with E-state index in [2.05, 4.69) is 69.4 Å². The van der Waals surface area contributed by atoms with Crippen LogP contribution in [0.4, 0.5) is 0 Å². The first-order chi connectivity index (χ1) is 29.5. The lowest BCUT2D eigenvalue weighted by Gasteiger charge is -2.18. The fourth-order valence-electron chi connectivity index (χ4n) is 7.22. The van der Waals surface area contributed by atoms with Crippen molar-refractivity contribution in [3.8, 4) is 0 Å². The SMILES string of the molecule is CC/C=C\C/C=C\C/C=C\CCCCCCC(=O)OCC(COC(=O)CCCCCCCCCCCCCCCC)OC(=O)CCCCC/C=C\CCCCCCCCC. The number of carbonyl (C=O) groups excluding carboxylic acids is 3. The molecule has 60 heavy (non-hydrogen) atoms. The van der Waals surface area contributed by atoms with Gasteiger partial charge in [-0.25, -0.2) is 0 Å². The molecule has 0 radical (unpaired) electrons. The third-order valence-corrected chi connectivity index (χ3v) is 11.1. The van der Waals surface area contributed by atoms with Gasteiger partial charge in [-0.3, -0.25) is 14.4 Å². The van der Waals surface area contributed by atoms with E-state index in [0.717, 1.165) is 103 Å². The molecule has 6 heteroatoms. The lowest BCUT2D eigenvalue weighted by molar-refractivity contribution is -0.167. The van der Waals surface area contributed by atoms with Gasteiger partial charge in [-0.2, -0.15) is 0 Å². The normalized spacial score (nSPS) is 12.4. The van der Waals surface area contributed by atoms with E-state index in [1.165, 1.54) is 116 Å². The first-order valence-electron chi connectivity index (χ1n) is 25.6. The summed E-state index contributed by atoms with van der Waals surface area (Å²) in [6.07, 6.45) is 58.1. The molecule has 6 nitrogen and oxygen atoms in total. The van der Waals surface area contributed by atoms with Crippen LogP contribution in [0.5, 0.6) is 0 Å². The molecule has 1 unspecified atom stereocenters. The summed E-state index contributed by atoms with van der Waals surface area (Å²) in [6, 6.07) is 0. The van der Waals surface area contributed by atoms with Crippen LogP contribution in [-0.4, -0.2) is 37.2 Å². The third kappa shape index (κ3) is 46.4. The lowest BCUT2D eigenvalue weighted by Crippen LogP contribution is -2.30. The fourth-order valence-corrected chi connectivity index (χ4v) is 7.22. The number of esters is 3. The van der Waals surface area contributed by atoms with Gasteiger partial charge >= 0.3 is 17.9 Å². The Morgan fingerprint density at radius 3 is 1.05 bits per heavy atom.